The Balaban J connectivity index is 1.72. The molecule has 4 aromatic rings. The van der Waals surface area contributed by atoms with Crippen LogP contribution in [0.15, 0.2) is 91.1 Å². The van der Waals surface area contributed by atoms with E-state index in [0.717, 1.165) is 5.69 Å². The van der Waals surface area contributed by atoms with Crippen LogP contribution in [0.1, 0.15) is 45.2 Å². The molecule has 122 valence electrons. The minimum atomic E-state index is 0.270. The molecule has 0 radical (unpaired) electrons. The van der Waals surface area contributed by atoms with Crippen LogP contribution in [0.3, 0.4) is 0 Å². The first-order valence-electron chi connectivity index (χ1n) is 9.15. The Kier molecular flexibility index (Phi) is 2.78. The Morgan fingerprint density at radius 2 is 1.04 bits per heavy atom. The molecule has 3 aliphatic rings. The van der Waals surface area contributed by atoms with Crippen LogP contribution in [-0.2, 0) is 0 Å². The molecular weight excluding hydrogens is 314 g/mol. The highest BCUT2D eigenvalue weighted by molar-refractivity contribution is 5.76. The van der Waals surface area contributed by atoms with Gasteiger partial charge in [0.25, 0.3) is 0 Å². The Morgan fingerprint density at radius 1 is 0.500 bits per heavy atom. The van der Waals surface area contributed by atoms with Crippen LogP contribution < -0.4 is 0 Å². The molecule has 1 heterocycles. The van der Waals surface area contributed by atoms with Gasteiger partial charge in [-0.1, -0.05) is 78.9 Å². The Labute approximate surface area is 153 Å². The molecule has 0 amide bonds. The maximum Gasteiger partial charge on any atom is 0.0746 e. The van der Waals surface area contributed by atoms with Crippen molar-refractivity contribution in [2.75, 3.05) is 0 Å². The van der Waals surface area contributed by atoms with E-state index in [0.29, 0.717) is 5.92 Å². The van der Waals surface area contributed by atoms with Crippen molar-refractivity contribution in [3.05, 3.63) is 125 Å². The zero-order chi connectivity index (χ0) is 17.1. The number of pyridine rings is 1. The largest absolute Gasteiger partial charge is 0.256 e. The van der Waals surface area contributed by atoms with E-state index < -0.39 is 0 Å². The first-order chi connectivity index (χ1) is 12.9. The lowest BCUT2D eigenvalue weighted by atomic mass is 9.60. The second kappa shape index (κ2) is 5.15. The predicted molar refractivity (Wildman–Crippen MR) is 104 cm³/mol. The number of nitrogens with zero attached hydrogens (tertiary/aromatic N) is 1. The van der Waals surface area contributed by atoms with E-state index in [4.69, 9.17) is 4.98 Å². The number of hydrogen-bond donors (Lipinski definition) is 0. The van der Waals surface area contributed by atoms with E-state index in [-0.39, 0.29) is 5.92 Å². The first kappa shape index (κ1) is 14.0. The number of benzene rings is 3. The summed E-state index contributed by atoms with van der Waals surface area (Å²) in [7, 11) is 0. The van der Waals surface area contributed by atoms with Gasteiger partial charge in [0.2, 0.25) is 0 Å². The lowest BCUT2D eigenvalue weighted by Gasteiger charge is -2.42. The average molecular weight is 331 g/mol. The molecule has 0 atom stereocenters. The molecule has 0 saturated heterocycles. The Bertz CT molecular complexity index is 1100. The van der Waals surface area contributed by atoms with Crippen molar-refractivity contribution in [2.45, 2.75) is 11.8 Å². The topological polar surface area (TPSA) is 12.9 Å². The standard InChI is InChI=1S/C25H17N/c1-2-8-16(9-3-1)25-24-21(14-15-26-25)22-17-10-4-6-12-19(17)23(24)20-13-7-5-11-18(20)22/h1-15,22-23H. The van der Waals surface area contributed by atoms with Gasteiger partial charge in [0.1, 0.15) is 0 Å². The van der Waals surface area contributed by atoms with Crippen molar-refractivity contribution >= 4 is 0 Å². The first-order valence-corrected chi connectivity index (χ1v) is 9.15. The third-order valence-electron chi connectivity index (χ3n) is 5.91. The predicted octanol–water partition coefficient (Wildman–Crippen LogP) is 5.74. The fourth-order valence-corrected chi connectivity index (χ4v) is 4.92. The summed E-state index contributed by atoms with van der Waals surface area (Å²) in [5.41, 5.74) is 10.9. The molecule has 2 bridgehead atoms. The maximum atomic E-state index is 4.83. The molecule has 0 unspecified atom stereocenters. The molecule has 0 fully saturated rings. The van der Waals surface area contributed by atoms with Crippen LogP contribution in [-0.4, -0.2) is 4.98 Å². The van der Waals surface area contributed by atoms with Gasteiger partial charge in [-0.05, 0) is 39.4 Å². The van der Waals surface area contributed by atoms with Crippen molar-refractivity contribution in [2.24, 2.45) is 0 Å². The highest BCUT2D eigenvalue weighted by Gasteiger charge is 2.42. The molecule has 1 nitrogen and oxygen atoms in total. The summed E-state index contributed by atoms with van der Waals surface area (Å²) in [4.78, 5) is 4.83. The molecular formula is C25H17N. The highest BCUT2D eigenvalue weighted by Crippen LogP contribution is 2.57. The second-order valence-corrected chi connectivity index (χ2v) is 7.15. The molecule has 0 N–H and O–H groups in total. The van der Waals surface area contributed by atoms with Gasteiger partial charge in [0, 0.05) is 23.6 Å². The molecule has 0 aliphatic heterocycles. The van der Waals surface area contributed by atoms with Crippen molar-refractivity contribution in [3.63, 3.8) is 0 Å². The molecule has 7 rings (SSSR count). The third-order valence-corrected chi connectivity index (χ3v) is 5.91. The van der Waals surface area contributed by atoms with Gasteiger partial charge < -0.3 is 0 Å². The van der Waals surface area contributed by atoms with Crippen molar-refractivity contribution < 1.29 is 0 Å². The Morgan fingerprint density at radius 3 is 1.65 bits per heavy atom. The quantitative estimate of drug-likeness (QED) is 0.374. The summed E-state index contributed by atoms with van der Waals surface area (Å²) in [5, 5.41) is 0. The average Bonchev–Trinajstić information content (AvgIpc) is 2.73. The van der Waals surface area contributed by atoms with Crippen LogP contribution in [0, 0.1) is 0 Å². The van der Waals surface area contributed by atoms with E-state index in [1.54, 1.807) is 0 Å². The van der Waals surface area contributed by atoms with E-state index in [1.165, 1.54) is 38.9 Å². The summed E-state index contributed by atoms with van der Waals surface area (Å²) in [6.45, 7) is 0. The number of aromatic nitrogens is 1. The van der Waals surface area contributed by atoms with Crippen molar-refractivity contribution in [1.82, 2.24) is 4.98 Å². The molecule has 1 heteroatoms. The van der Waals surface area contributed by atoms with Crippen LogP contribution in [0.25, 0.3) is 11.3 Å². The minimum Gasteiger partial charge on any atom is -0.256 e. The van der Waals surface area contributed by atoms with E-state index >= 15 is 0 Å². The third kappa shape index (κ3) is 1.72. The zero-order valence-electron chi connectivity index (χ0n) is 14.3. The molecule has 26 heavy (non-hydrogen) atoms. The van der Waals surface area contributed by atoms with Gasteiger partial charge in [0.05, 0.1) is 5.69 Å². The van der Waals surface area contributed by atoms with Crippen LogP contribution in [0.2, 0.25) is 0 Å². The number of hydrogen-bond acceptors (Lipinski definition) is 1. The molecule has 1 aromatic heterocycles. The van der Waals surface area contributed by atoms with Crippen molar-refractivity contribution in [1.29, 1.82) is 0 Å². The van der Waals surface area contributed by atoms with Gasteiger partial charge in [-0.25, -0.2) is 0 Å². The van der Waals surface area contributed by atoms with E-state index in [1.807, 2.05) is 6.20 Å². The summed E-state index contributed by atoms with van der Waals surface area (Å²) in [6.07, 6.45) is 1.98. The van der Waals surface area contributed by atoms with E-state index in [2.05, 4.69) is 84.9 Å². The summed E-state index contributed by atoms with van der Waals surface area (Å²) >= 11 is 0. The van der Waals surface area contributed by atoms with E-state index in [9.17, 15) is 0 Å². The van der Waals surface area contributed by atoms with Gasteiger partial charge >= 0.3 is 0 Å². The maximum absolute atomic E-state index is 4.83. The van der Waals surface area contributed by atoms with Gasteiger partial charge in [0.15, 0.2) is 0 Å². The monoisotopic (exact) mass is 331 g/mol. The van der Waals surface area contributed by atoms with Gasteiger partial charge in [-0.15, -0.1) is 0 Å². The second-order valence-electron chi connectivity index (χ2n) is 7.15. The summed E-state index contributed by atoms with van der Waals surface area (Å²) < 4.78 is 0. The molecule has 3 aliphatic carbocycles. The van der Waals surface area contributed by atoms with Crippen molar-refractivity contribution in [3.8, 4) is 11.3 Å². The smallest absolute Gasteiger partial charge is 0.0746 e. The fourth-order valence-electron chi connectivity index (χ4n) is 4.92. The SMILES string of the molecule is c1ccc(-c2nccc3c2C2c4ccccc4C3c3ccccc32)cc1. The lowest BCUT2D eigenvalue weighted by Crippen LogP contribution is -2.28. The minimum absolute atomic E-state index is 0.270. The molecule has 0 saturated carbocycles. The Hall–Kier alpha value is -3.19. The number of rotatable bonds is 1. The zero-order valence-corrected chi connectivity index (χ0v) is 14.3. The van der Waals surface area contributed by atoms with Crippen LogP contribution in [0.5, 0.6) is 0 Å². The lowest BCUT2D eigenvalue weighted by molar-refractivity contribution is 0.751. The normalized spacial score (nSPS) is 18.8. The summed E-state index contributed by atoms with van der Waals surface area (Å²) in [5.74, 6) is 0.583. The molecule has 3 aromatic carbocycles. The van der Waals surface area contributed by atoms with Gasteiger partial charge in [-0.2, -0.15) is 0 Å². The van der Waals surface area contributed by atoms with Crippen LogP contribution >= 0.6 is 0 Å². The highest BCUT2D eigenvalue weighted by atomic mass is 14.7. The van der Waals surface area contributed by atoms with Gasteiger partial charge in [-0.3, -0.25) is 4.98 Å². The molecule has 0 spiro atoms. The summed E-state index contributed by atoms with van der Waals surface area (Å²) in [6, 6.07) is 30.7. The fraction of sp³-hybridized carbons (Fsp3) is 0.0800. The van der Waals surface area contributed by atoms with Crippen LogP contribution in [0.4, 0.5) is 0 Å².